The summed E-state index contributed by atoms with van der Waals surface area (Å²) in [4.78, 5) is 22.6. The van der Waals surface area contributed by atoms with Gasteiger partial charge in [0, 0.05) is 5.92 Å². The summed E-state index contributed by atoms with van der Waals surface area (Å²) in [5.74, 6) is -0.396. The maximum Gasteiger partial charge on any atom is 0.336 e. The Morgan fingerprint density at radius 2 is 2.19 bits per heavy atom. The van der Waals surface area contributed by atoms with Crippen molar-refractivity contribution in [3.8, 4) is 0 Å². The van der Waals surface area contributed by atoms with Gasteiger partial charge in [0.15, 0.2) is 6.10 Å². The minimum Gasteiger partial charge on any atom is -0.467 e. The Morgan fingerprint density at radius 3 is 2.69 bits per heavy atom. The molecule has 92 valence electrons. The average Bonchev–Trinajstić information content (AvgIpc) is 2.70. The maximum atomic E-state index is 11.7. The van der Waals surface area contributed by atoms with E-state index in [1.165, 1.54) is 7.11 Å². The average molecular weight is 229 g/mol. The highest BCUT2D eigenvalue weighted by molar-refractivity contribution is 5.80. The number of methoxy groups -OCH3 is 1. The fraction of sp³-hybridized carbons (Fsp3) is 0.818. The lowest BCUT2D eigenvalue weighted by molar-refractivity contribution is -0.150. The van der Waals surface area contributed by atoms with E-state index in [0.29, 0.717) is 5.92 Å². The fourth-order valence-corrected chi connectivity index (χ4v) is 2.08. The van der Waals surface area contributed by atoms with Crippen LogP contribution in [0.3, 0.4) is 0 Å². The lowest BCUT2D eigenvalue weighted by atomic mass is 9.97. The van der Waals surface area contributed by atoms with E-state index in [9.17, 15) is 14.7 Å². The van der Waals surface area contributed by atoms with E-state index in [-0.39, 0.29) is 18.4 Å². The molecule has 0 aliphatic heterocycles. The molecule has 1 aliphatic carbocycles. The molecule has 0 aromatic rings. The zero-order valence-corrected chi connectivity index (χ0v) is 9.73. The van der Waals surface area contributed by atoms with E-state index in [4.69, 9.17) is 0 Å². The first kappa shape index (κ1) is 13.0. The van der Waals surface area contributed by atoms with Crippen LogP contribution in [-0.4, -0.2) is 36.7 Å². The van der Waals surface area contributed by atoms with Gasteiger partial charge in [0.1, 0.15) is 0 Å². The number of aliphatic hydroxyl groups excluding tert-OH is 1. The second-order valence-corrected chi connectivity index (χ2v) is 4.30. The minimum atomic E-state index is -1.27. The highest BCUT2D eigenvalue weighted by Gasteiger charge is 2.30. The number of ether oxygens (including phenoxy) is 1. The summed E-state index contributed by atoms with van der Waals surface area (Å²) in [6, 6.07) is 0. The molecular weight excluding hydrogens is 210 g/mol. The van der Waals surface area contributed by atoms with Crippen molar-refractivity contribution in [2.75, 3.05) is 13.7 Å². The molecule has 1 fully saturated rings. The molecule has 1 rings (SSSR count). The van der Waals surface area contributed by atoms with Crippen LogP contribution in [0.1, 0.15) is 26.2 Å². The summed E-state index contributed by atoms with van der Waals surface area (Å²) in [7, 11) is 1.20. The molecule has 3 atom stereocenters. The predicted molar refractivity (Wildman–Crippen MR) is 57.5 cm³/mol. The lowest BCUT2D eigenvalue weighted by Gasteiger charge is -2.16. The van der Waals surface area contributed by atoms with E-state index in [2.05, 4.69) is 10.1 Å². The van der Waals surface area contributed by atoms with Gasteiger partial charge in [-0.3, -0.25) is 4.79 Å². The first-order valence-electron chi connectivity index (χ1n) is 5.60. The van der Waals surface area contributed by atoms with Gasteiger partial charge < -0.3 is 15.2 Å². The third-order valence-electron chi connectivity index (χ3n) is 3.14. The third-order valence-corrected chi connectivity index (χ3v) is 3.14. The fourth-order valence-electron chi connectivity index (χ4n) is 2.08. The zero-order valence-electron chi connectivity index (χ0n) is 9.73. The van der Waals surface area contributed by atoms with Gasteiger partial charge in [-0.25, -0.2) is 4.79 Å². The van der Waals surface area contributed by atoms with E-state index < -0.39 is 12.1 Å². The smallest absolute Gasteiger partial charge is 0.336 e. The normalized spacial score (nSPS) is 26.2. The summed E-state index contributed by atoms with van der Waals surface area (Å²) >= 11 is 0. The second-order valence-electron chi connectivity index (χ2n) is 4.30. The molecule has 0 heterocycles. The monoisotopic (exact) mass is 229 g/mol. The van der Waals surface area contributed by atoms with Crippen LogP contribution in [0.4, 0.5) is 0 Å². The first-order valence-corrected chi connectivity index (χ1v) is 5.60. The van der Waals surface area contributed by atoms with Crippen molar-refractivity contribution < 1.29 is 19.4 Å². The quantitative estimate of drug-likeness (QED) is 0.669. The van der Waals surface area contributed by atoms with Crippen LogP contribution in [0, 0.1) is 11.8 Å². The van der Waals surface area contributed by atoms with Gasteiger partial charge in [0.2, 0.25) is 5.91 Å². The second kappa shape index (κ2) is 5.84. The van der Waals surface area contributed by atoms with Gasteiger partial charge in [-0.05, 0) is 18.8 Å². The molecule has 5 heteroatoms. The maximum absolute atomic E-state index is 11.7. The van der Waals surface area contributed by atoms with Gasteiger partial charge in [-0.15, -0.1) is 0 Å². The first-order chi connectivity index (χ1) is 7.56. The minimum absolute atomic E-state index is 0.0184. The molecule has 1 saturated carbocycles. The molecule has 1 aliphatic rings. The highest BCUT2D eigenvalue weighted by atomic mass is 16.5. The van der Waals surface area contributed by atoms with Crippen molar-refractivity contribution in [2.45, 2.75) is 32.3 Å². The van der Waals surface area contributed by atoms with Gasteiger partial charge in [-0.1, -0.05) is 13.3 Å². The largest absolute Gasteiger partial charge is 0.467 e. The van der Waals surface area contributed by atoms with Crippen LogP contribution in [0.5, 0.6) is 0 Å². The van der Waals surface area contributed by atoms with E-state index >= 15 is 0 Å². The molecule has 2 N–H and O–H groups in total. The Morgan fingerprint density at radius 1 is 1.50 bits per heavy atom. The summed E-state index contributed by atoms with van der Waals surface area (Å²) in [6.07, 6.45) is 1.75. The summed E-state index contributed by atoms with van der Waals surface area (Å²) in [6.45, 7) is 1.97. The molecule has 0 spiro atoms. The number of rotatable bonds is 4. The Hall–Kier alpha value is -1.10. The number of carbonyl (C=O) groups is 2. The number of hydrogen-bond acceptors (Lipinski definition) is 4. The molecule has 3 unspecified atom stereocenters. The lowest BCUT2D eigenvalue weighted by Crippen LogP contribution is -2.40. The molecule has 1 amide bonds. The van der Waals surface area contributed by atoms with Crippen molar-refractivity contribution >= 4 is 11.9 Å². The highest BCUT2D eigenvalue weighted by Crippen LogP contribution is 2.30. The molecule has 0 saturated heterocycles. The molecule has 0 radical (unpaired) electrons. The summed E-state index contributed by atoms with van der Waals surface area (Å²) < 4.78 is 4.35. The van der Waals surface area contributed by atoms with Crippen LogP contribution in [0.15, 0.2) is 0 Å². The van der Waals surface area contributed by atoms with Crippen LogP contribution >= 0.6 is 0 Å². The van der Waals surface area contributed by atoms with Crippen molar-refractivity contribution in [1.82, 2.24) is 5.32 Å². The van der Waals surface area contributed by atoms with Gasteiger partial charge in [0.05, 0.1) is 13.7 Å². The molecule has 0 aromatic carbocycles. The molecular formula is C11H19NO4. The van der Waals surface area contributed by atoms with Crippen LogP contribution < -0.4 is 5.32 Å². The Kier molecular flexibility index (Phi) is 4.73. The van der Waals surface area contributed by atoms with Crippen LogP contribution in [-0.2, 0) is 14.3 Å². The SMILES string of the molecule is COC(=O)C(O)CNC(=O)C1CCCC1C. The Balaban J connectivity index is 2.32. The standard InChI is InChI=1S/C11H19NO4/c1-7-4-3-5-8(7)10(14)12-6-9(13)11(15)16-2/h7-9,13H,3-6H2,1-2H3,(H,12,14). The Bertz CT molecular complexity index is 267. The molecule has 0 aromatic heterocycles. The van der Waals surface area contributed by atoms with Gasteiger partial charge in [0.25, 0.3) is 0 Å². The number of nitrogens with one attached hydrogen (secondary N) is 1. The summed E-state index contributed by atoms with van der Waals surface area (Å²) in [5, 5.41) is 11.9. The zero-order chi connectivity index (χ0) is 12.1. The van der Waals surface area contributed by atoms with Gasteiger partial charge in [-0.2, -0.15) is 0 Å². The topological polar surface area (TPSA) is 75.6 Å². The molecule has 0 bridgehead atoms. The third kappa shape index (κ3) is 3.20. The molecule has 16 heavy (non-hydrogen) atoms. The number of carbonyl (C=O) groups excluding carboxylic acids is 2. The van der Waals surface area contributed by atoms with Crippen molar-refractivity contribution in [3.63, 3.8) is 0 Å². The van der Waals surface area contributed by atoms with Crippen LogP contribution in [0.25, 0.3) is 0 Å². The van der Waals surface area contributed by atoms with Crippen molar-refractivity contribution in [3.05, 3.63) is 0 Å². The number of aliphatic hydroxyl groups is 1. The van der Waals surface area contributed by atoms with Gasteiger partial charge >= 0.3 is 5.97 Å². The number of esters is 1. The van der Waals surface area contributed by atoms with E-state index in [0.717, 1.165) is 19.3 Å². The van der Waals surface area contributed by atoms with Crippen molar-refractivity contribution in [1.29, 1.82) is 0 Å². The van der Waals surface area contributed by atoms with Crippen molar-refractivity contribution in [2.24, 2.45) is 11.8 Å². The number of hydrogen-bond donors (Lipinski definition) is 2. The molecule has 5 nitrogen and oxygen atoms in total. The predicted octanol–water partition coefficient (Wildman–Crippen LogP) is 0.0727. The van der Waals surface area contributed by atoms with E-state index in [1.54, 1.807) is 0 Å². The summed E-state index contributed by atoms with van der Waals surface area (Å²) in [5.41, 5.74) is 0. The van der Waals surface area contributed by atoms with Crippen LogP contribution in [0.2, 0.25) is 0 Å². The Labute approximate surface area is 95.2 Å². The van der Waals surface area contributed by atoms with E-state index in [1.807, 2.05) is 6.92 Å². The number of amides is 1.